The summed E-state index contributed by atoms with van der Waals surface area (Å²) in [7, 11) is -3.91. The first-order valence-corrected chi connectivity index (χ1v) is 14.7. The van der Waals surface area contributed by atoms with Crippen LogP contribution in [-0.2, 0) is 21.4 Å². The number of halogens is 2. The van der Waals surface area contributed by atoms with E-state index in [9.17, 15) is 22.0 Å². The highest BCUT2D eigenvalue weighted by atomic mass is 32.2. The Labute approximate surface area is 220 Å². The second-order valence-corrected chi connectivity index (χ2v) is 12.9. The highest BCUT2D eigenvalue weighted by Crippen LogP contribution is 2.47. The largest absolute Gasteiger partial charge is 0.443 e. The molecular formula is C28H31F2N3O4S. The van der Waals surface area contributed by atoms with E-state index in [0.717, 1.165) is 24.0 Å². The van der Waals surface area contributed by atoms with Crippen LogP contribution in [0.4, 0.5) is 8.78 Å². The standard InChI is InChI=1S/C28H31F2N3O4S/c1-18-2-7-23(8-3-18)38(35,36)33-22-6-5-20(15-22)26(33)27(34)32(21-10-12-28(29,30)13-11-21)16-19-4-9-25-24(14-19)31-17-37-25/h2-4,7-9,14,17,20-22,26H,5-6,10-13,15-16H2,1H3/t20-,22+,26-/m0/s1. The summed E-state index contributed by atoms with van der Waals surface area (Å²) >= 11 is 0. The molecular weight excluding hydrogens is 512 g/mol. The monoisotopic (exact) mass is 543 g/mol. The van der Waals surface area contributed by atoms with Gasteiger partial charge in [0, 0.05) is 31.5 Å². The van der Waals surface area contributed by atoms with Gasteiger partial charge in [-0.3, -0.25) is 4.79 Å². The van der Waals surface area contributed by atoms with Gasteiger partial charge in [0.05, 0.1) is 4.90 Å². The summed E-state index contributed by atoms with van der Waals surface area (Å²) < 4.78 is 62.6. The van der Waals surface area contributed by atoms with Crippen LogP contribution < -0.4 is 0 Å². The molecule has 3 aliphatic rings. The number of alkyl halides is 2. The van der Waals surface area contributed by atoms with E-state index >= 15 is 0 Å². The Morgan fingerprint density at radius 2 is 1.84 bits per heavy atom. The van der Waals surface area contributed by atoms with E-state index < -0.39 is 28.0 Å². The maximum absolute atomic E-state index is 14.4. The molecule has 6 rings (SSSR count). The lowest BCUT2D eigenvalue weighted by Gasteiger charge is -2.41. The van der Waals surface area contributed by atoms with Gasteiger partial charge in [-0.1, -0.05) is 23.8 Å². The molecule has 2 bridgehead atoms. The molecule has 0 radical (unpaired) electrons. The number of fused-ring (bicyclic) bond motifs is 3. The molecule has 3 fully saturated rings. The average molecular weight is 544 g/mol. The number of rotatable bonds is 6. The van der Waals surface area contributed by atoms with Gasteiger partial charge in [-0.15, -0.1) is 0 Å². The Morgan fingerprint density at radius 1 is 1.11 bits per heavy atom. The molecule has 0 unspecified atom stereocenters. The summed E-state index contributed by atoms with van der Waals surface area (Å²) in [6.45, 7) is 2.09. The topological polar surface area (TPSA) is 83.7 Å². The van der Waals surface area contributed by atoms with Crippen molar-refractivity contribution in [2.45, 2.75) is 87.4 Å². The van der Waals surface area contributed by atoms with E-state index in [1.807, 2.05) is 19.1 Å². The number of benzene rings is 2. The van der Waals surface area contributed by atoms with Crippen molar-refractivity contribution < 1.29 is 26.4 Å². The molecule has 2 aliphatic carbocycles. The molecule has 2 aromatic carbocycles. The van der Waals surface area contributed by atoms with Gasteiger partial charge in [0.1, 0.15) is 11.6 Å². The molecule has 38 heavy (non-hydrogen) atoms. The number of piperidine rings is 1. The lowest BCUT2D eigenvalue weighted by molar-refractivity contribution is -0.143. The van der Waals surface area contributed by atoms with Crippen molar-refractivity contribution in [3.63, 3.8) is 0 Å². The zero-order chi connectivity index (χ0) is 26.7. The fourth-order valence-corrected chi connectivity index (χ4v) is 8.39. The first-order chi connectivity index (χ1) is 18.1. The third-order valence-corrected chi connectivity index (χ3v) is 10.5. The van der Waals surface area contributed by atoms with E-state index in [-0.39, 0.29) is 55.0 Å². The maximum Gasteiger partial charge on any atom is 0.248 e. The molecule has 2 heterocycles. The number of aryl methyl sites for hydroxylation is 1. The number of hydrogen-bond acceptors (Lipinski definition) is 5. The number of hydrogen-bond donors (Lipinski definition) is 0. The minimum Gasteiger partial charge on any atom is -0.443 e. The molecule has 2 saturated carbocycles. The number of carbonyl (C=O) groups excluding carboxylic acids is 1. The normalized spacial score (nSPS) is 25.7. The zero-order valence-electron chi connectivity index (χ0n) is 21.2. The van der Waals surface area contributed by atoms with Crippen LogP contribution in [0.3, 0.4) is 0 Å². The molecule has 3 atom stereocenters. The second-order valence-electron chi connectivity index (χ2n) is 11.0. The van der Waals surface area contributed by atoms with Crippen LogP contribution in [0.1, 0.15) is 56.1 Å². The fraction of sp³-hybridized carbons (Fsp3) is 0.500. The van der Waals surface area contributed by atoms with Crippen LogP contribution in [0, 0.1) is 12.8 Å². The van der Waals surface area contributed by atoms with Gasteiger partial charge >= 0.3 is 0 Å². The Morgan fingerprint density at radius 3 is 2.58 bits per heavy atom. The summed E-state index contributed by atoms with van der Waals surface area (Å²) in [5.74, 6) is -3.11. The van der Waals surface area contributed by atoms with Crippen LogP contribution in [-0.4, -0.2) is 52.6 Å². The fourth-order valence-electron chi connectivity index (χ4n) is 6.52. The third-order valence-electron chi connectivity index (χ3n) is 8.53. The zero-order valence-corrected chi connectivity index (χ0v) is 22.0. The SMILES string of the molecule is Cc1ccc(S(=O)(=O)N2[C@@H]3CC[C@@H](C3)[C@H]2C(=O)N(Cc2ccc3ocnc3c2)C2CCC(F)(F)CC2)cc1. The van der Waals surface area contributed by atoms with Crippen LogP contribution in [0.15, 0.2) is 58.2 Å². The van der Waals surface area contributed by atoms with E-state index in [4.69, 9.17) is 4.42 Å². The Hall–Kier alpha value is -2.85. The van der Waals surface area contributed by atoms with Gasteiger partial charge < -0.3 is 9.32 Å². The van der Waals surface area contributed by atoms with Gasteiger partial charge in [-0.05, 0) is 74.8 Å². The molecule has 202 valence electrons. The number of carbonyl (C=O) groups is 1. The Kier molecular flexibility index (Phi) is 6.30. The van der Waals surface area contributed by atoms with Gasteiger partial charge in [-0.2, -0.15) is 4.31 Å². The van der Waals surface area contributed by atoms with Crippen molar-refractivity contribution in [1.29, 1.82) is 0 Å². The number of amides is 1. The molecule has 7 nitrogen and oxygen atoms in total. The molecule has 1 aliphatic heterocycles. The van der Waals surface area contributed by atoms with Crippen molar-refractivity contribution in [1.82, 2.24) is 14.2 Å². The maximum atomic E-state index is 14.4. The van der Waals surface area contributed by atoms with E-state index in [0.29, 0.717) is 17.5 Å². The molecule has 0 N–H and O–H groups in total. The smallest absolute Gasteiger partial charge is 0.248 e. The van der Waals surface area contributed by atoms with Gasteiger partial charge in [0.25, 0.3) is 0 Å². The summed E-state index contributed by atoms with van der Waals surface area (Å²) in [6.07, 6.45) is 3.28. The average Bonchev–Trinajstić information content (AvgIpc) is 3.63. The van der Waals surface area contributed by atoms with E-state index in [1.54, 1.807) is 35.2 Å². The van der Waals surface area contributed by atoms with Gasteiger partial charge in [0.15, 0.2) is 12.0 Å². The predicted octanol–water partition coefficient (Wildman–Crippen LogP) is 5.28. The summed E-state index contributed by atoms with van der Waals surface area (Å²) in [5.41, 5.74) is 3.01. The molecule has 0 spiro atoms. The minimum atomic E-state index is -3.91. The van der Waals surface area contributed by atoms with Crippen LogP contribution in [0.5, 0.6) is 0 Å². The van der Waals surface area contributed by atoms with E-state index in [2.05, 4.69) is 4.98 Å². The lowest BCUT2D eigenvalue weighted by Crippen LogP contribution is -2.56. The summed E-state index contributed by atoms with van der Waals surface area (Å²) in [5, 5.41) is 0. The Bertz CT molecular complexity index is 1450. The van der Waals surface area contributed by atoms with Crippen LogP contribution in [0.25, 0.3) is 11.1 Å². The second kappa shape index (κ2) is 9.41. The highest BCUT2D eigenvalue weighted by Gasteiger charge is 2.56. The van der Waals surface area contributed by atoms with Crippen molar-refractivity contribution in [3.8, 4) is 0 Å². The molecule has 3 aromatic rings. The first-order valence-electron chi connectivity index (χ1n) is 13.2. The number of nitrogens with zero attached hydrogens (tertiary/aromatic N) is 3. The molecule has 1 saturated heterocycles. The number of sulfonamides is 1. The van der Waals surface area contributed by atoms with Crippen LogP contribution in [0.2, 0.25) is 0 Å². The first kappa shape index (κ1) is 25.4. The Balaban J connectivity index is 1.35. The number of aromatic nitrogens is 1. The minimum absolute atomic E-state index is 0.0849. The quantitative estimate of drug-likeness (QED) is 0.422. The van der Waals surface area contributed by atoms with Crippen molar-refractivity contribution in [3.05, 3.63) is 60.0 Å². The third kappa shape index (κ3) is 4.51. The van der Waals surface area contributed by atoms with Crippen molar-refractivity contribution in [2.75, 3.05) is 0 Å². The van der Waals surface area contributed by atoms with Crippen LogP contribution >= 0.6 is 0 Å². The lowest BCUT2D eigenvalue weighted by atomic mass is 9.89. The van der Waals surface area contributed by atoms with Crippen molar-refractivity contribution >= 4 is 27.0 Å². The van der Waals surface area contributed by atoms with Crippen molar-refractivity contribution in [2.24, 2.45) is 5.92 Å². The summed E-state index contributed by atoms with van der Waals surface area (Å²) in [4.78, 5) is 20.4. The predicted molar refractivity (Wildman–Crippen MR) is 137 cm³/mol. The molecule has 10 heteroatoms. The summed E-state index contributed by atoms with van der Waals surface area (Å²) in [6, 6.07) is 10.7. The highest BCUT2D eigenvalue weighted by molar-refractivity contribution is 7.89. The van der Waals surface area contributed by atoms with E-state index in [1.165, 1.54) is 10.7 Å². The van der Waals surface area contributed by atoms with Gasteiger partial charge in [-0.25, -0.2) is 22.2 Å². The van der Waals surface area contributed by atoms with Gasteiger partial charge in [0.2, 0.25) is 21.9 Å². The molecule has 1 amide bonds. The molecule has 1 aromatic heterocycles. The number of oxazole rings is 1.